The van der Waals surface area contributed by atoms with Gasteiger partial charge in [-0.3, -0.25) is 4.79 Å². The first-order chi connectivity index (χ1) is 18.5. The van der Waals surface area contributed by atoms with Crippen molar-refractivity contribution >= 4 is 23.8 Å². The lowest BCUT2D eigenvalue weighted by Crippen LogP contribution is -2.53. The molecule has 3 heterocycles. The Morgan fingerprint density at radius 3 is 2.49 bits per heavy atom. The molecule has 0 bridgehead atoms. The largest absolute Gasteiger partial charge is 0.467 e. The number of nitrogens with zero attached hydrogens (tertiary/aromatic N) is 2. The summed E-state index contributed by atoms with van der Waals surface area (Å²) in [6.07, 6.45) is 9.57. The van der Waals surface area contributed by atoms with Crippen molar-refractivity contribution in [1.82, 2.24) is 15.2 Å². The number of anilines is 1. The summed E-state index contributed by atoms with van der Waals surface area (Å²) in [5.41, 5.74) is 1.25. The van der Waals surface area contributed by atoms with Crippen LogP contribution in [-0.4, -0.2) is 66.2 Å². The number of carbonyl (C=O) groups excluding carboxylic acids is 3. The van der Waals surface area contributed by atoms with Gasteiger partial charge in [-0.15, -0.1) is 0 Å². The van der Waals surface area contributed by atoms with E-state index in [0.29, 0.717) is 32.4 Å². The van der Waals surface area contributed by atoms with Gasteiger partial charge in [-0.25, -0.2) is 14.6 Å². The van der Waals surface area contributed by atoms with Crippen LogP contribution < -0.4 is 10.6 Å². The molecule has 1 atom stereocenters. The van der Waals surface area contributed by atoms with Crippen molar-refractivity contribution in [1.29, 1.82) is 0 Å². The molecule has 1 unspecified atom stereocenters. The summed E-state index contributed by atoms with van der Waals surface area (Å²) in [4.78, 5) is 44.4. The predicted molar refractivity (Wildman–Crippen MR) is 152 cm³/mol. The van der Waals surface area contributed by atoms with Crippen LogP contribution >= 0.6 is 0 Å². The molecule has 218 valence electrons. The maximum atomic E-state index is 13.2. The monoisotopic (exact) mass is 544 g/mol. The van der Waals surface area contributed by atoms with Crippen LogP contribution in [0, 0.1) is 5.41 Å². The van der Waals surface area contributed by atoms with Gasteiger partial charge < -0.3 is 25.0 Å². The minimum absolute atomic E-state index is 0.159. The van der Waals surface area contributed by atoms with Crippen LogP contribution in [0.5, 0.6) is 0 Å². The lowest BCUT2D eigenvalue weighted by atomic mass is 9.79. The Balaban J connectivity index is 1.37. The number of aromatic nitrogens is 1. The van der Waals surface area contributed by atoms with Gasteiger partial charge in [-0.1, -0.05) is 38.7 Å². The van der Waals surface area contributed by atoms with Crippen molar-refractivity contribution in [2.24, 2.45) is 5.41 Å². The highest BCUT2D eigenvalue weighted by atomic mass is 16.6. The van der Waals surface area contributed by atoms with Crippen LogP contribution in [0.15, 0.2) is 12.1 Å². The number of aryl methyl sites for hydroxylation is 2. The number of piperidine rings is 1. The van der Waals surface area contributed by atoms with E-state index in [2.05, 4.69) is 22.8 Å². The molecule has 3 rings (SSSR count). The molecule has 39 heavy (non-hydrogen) atoms. The zero-order valence-corrected chi connectivity index (χ0v) is 24.6. The smallest absolute Gasteiger partial charge is 0.410 e. The lowest BCUT2D eigenvalue weighted by Gasteiger charge is -2.39. The first kappa shape index (κ1) is 30.7. The Morgan fingerprint density at radius 1 is 1.10 bits per heavy atom. The van der Waals surface area contributed by atoms with Crippen LogP contribution in [-0.2, 0) is 31.9 Å². The third-order valence-corrected chi connectivity index (χ3v) is 7.74. The topological polar surface area (TPSA) is 110 Å². The molecule has 9 nitrogen and oxygen atoms in total. The maximum absolute atomic E-state index is 13.2. The van der Waals surface area contributed by atoms with Gasteiger partial charge in [0.25, 0.3) is 0 Å². The molecule has 0 radical (unpaired) electrons. The Bertz CT molecular complexity index is 982. The fourth-order valence-electron chi connectivity index (χ4n) is 5.15. The van der Waals surface area contributed by atoms with Crippen LogP contribution in [0.4, 0.5) is 10.6 Å². The van der Waals surface area contributed by atoms with Crippen molar-refractivity contribution in [3.63, 3.8) is 0 Å². The molecule has 1 fully saturated rings. The molecule has 0 aromatic carbocycles. The number of fused-ring (bicyclic) bond motifs is 1. The highest BCUT2D eigenvalue weighted by Crippen LogP contribution is 2.32. The van der Waals surface area contributed by atoms with Gasteiger partial charge in [0.2, 0.25) is 5.91 Å². The number of ether oxygens (including phenoxy) is 2. The second-order valence-electron chi connectivity index (χ2n) is 12.2. The van der Waals surface area contributed by atoms with Gasteiger partial charge in [0.15, 0.2) is 0 Å². The number of pyridine rings is 1. The fraction of sp³-hybridized carbons (Fsp3) is 0.733. The van der Waals surface area contributed by atoms with Gasteiger partial charge in [-0.05, 0) is 77.3 Å². The summed E-state index contributed by atoms with van der Waals surface area (Å²) < 4.78 is 10.4. The van der Waals surface area contributed by atoms with E-state index in [1.54, 1.807) is 4.90 Å². The summed E-state index contributed by atoms with van der Waals surface area (Å²) in [6, 6.07) is 3.70. The third-order valence-electron chi connectivity index (χ3n) is 7.74. The Hall–Kier alpha value is -2.84. The molecule has 1 saturated heterocycles. The molecule has 9 heteroatoms. The molecule has 0 spiro atoms. The van der Waals surface area contributed by atoms with Crippen molar-refractivity contribution < 1.29 is 23.9 Å². The van der Waals surface area contributed by atoms with Gasteiger partial charge in [-0.2, -0.15) is 0 Å². The van der Waals surface area contributed by atoms with Crippen molar-refractivity contribution in [2.75, 3.05) is 32.1 Å². The molecule has 2 aliphatic heterocycles. The number of unbranched alkanes of at least 4 members (excludes halogenated alkanes) is 4. The highest BCUT2D eigenvalue weighted by Gasteiger charge is 2.40. The molecular formula is C30H48N4O5. The van der Waals surface area contributed by atoms with Crippen LogP contribution in [0.1, 0.15) is 96.7 Å². The van der Waals surface area contributed by atoms with E-state index in [1.807, 2.05) is 27.7 Å². The molecule has 0 aliphatic carbocycles. The van der Waals surface area contributed by atoms with E-state index < -0.39 is 23.0 Å². The first-order valence-electron chi connectivity index (χ1n) is 14.6. The molecular weight excluding hydrogens is 496 g/mol. The number of likely N-dealkylation sites (tertiary alicyclic amines) is 1. The molecule has 0 saturated carbocycles. The Labute approximate surface area is 233 Å². The second-order valence-corrected chi connectivity index (χ2v) is 12.2. The van der Waals surface area contributed by atoms with Crippen molar-refractivity contribution in [2.45, 2.75) is 110 Å². The number of hydrogen-bond donors (Lipinski definition) is 2. The summed E-state index contributed by atoms with van der Waals surface area (Å²) in [7, 11) is 1.35. The van der Waals surface area contributed by atoms with Crippen molar-refractivity contribution in [3.05, 3.63) is 23.4 Å². The molecule has 1 aromatic heterocycles. The Kier molecular flexibility index (Phi) is 11.0. The molecule has 1 aromatic rings. The van der Waals surface area contributed by atoms with Gasteiger partial charge in [0.1, 0.15) is 17.5 Å². The first-order valence-corrected chi connectivity index (χ1v) is 14.6. The van der Waals surface area contributed by atoms with E-state index in [4.69, 9.17) is 14.5 Å². The number of nitrogens with one attached hydrogen (secondary N) is 2. The van der Waals surface area contributed by atoms with E-state index >= 15 is 0 Å². The molecule has 2 amide bonds. The van der Waals surface area contributed by atoms with Crippen molar-refractivity contribution in [3.8, 4) is 0 Å². The predicted octanol–water partition coefficient (Wildman–Crippen LogP) is 5.02. The number of amides is 2. The summed E-state index contributed by atoms with van der Waals surface area (Å²) >= 11 is 0. The molecule has 2 aliphatic rings. The van der Waals surface area contributed by atoms with Crippen LogP contribution in [0.3, 0.4) is 0 Å². The minimum Gasteiger partial charge on any atom is -0.467 e. The lowest BCUT2D eigenvalue weighted by molar-refractivity contribution is -0.147. The standard InChI is InChI=1S/C30H48N4O5/c1-29(2,3)39-28(37)34-20-17-30(4,18-21-34)27(36)33-24(26(35)38-5)14-10-8-6-7-9-13-23-16-15-22-12-11-19-31-25(22)32-23/h15-16,24H,6-14,17-21H2,1-5H3,(H,31,32)(H,33,36). The Morgan fingerprint density at radius 2 is 1.79 bits per heavy atom. The third kappa shape index (κ3) is 9.39. The van der Waals surface area contributed by atoms with Gasteiger partial charge in [0.05, 0.1) is 7.11 Å². The summed E-state index contributed by atoms with van der Waals surface area (Å²) in [5.74, 6) is 0.483. The van der Waals surface area contributed by atoms with E-state index in [-0.39, 0.29) is 12.0 Å². The van der Waals surface area contributed by atoms with Gasteiger partial charge in [0, 0.05) is 30.7 Å². The number of methoxy groups -OCH3 is 1. The van der Waals surface area contributed by atoms with E-state index in [0.717, 1.165) is 63.0 Å². The average molecular weight is 545 g/mol. The summed E-state index contributed by atoms with van der Waals surface area (Å²) in [6.45, 7) is 9.30. The fourth-order valence-corrected chi connectivity index (χ4v) is 5.15. The molecule has 2 N–H and O–H groups in total. The average Bonchev–Trinajstić information content (AvgIpc) is 2.90. The highest BCUT2D eigenvalue weighted by molar-refractivity contribution is 5.88. The quantitative estimate of drug-likeness (QED) is 0.297. The number of rotatable bonds is 11. The SMILES string of the molecule is COC(=O)C(CCCCCCCc1ccc2c(n1)NCCC2)NC(=O)C1(C)CCN(C(=O)OC(C)(C)C)CC1. The normalized spacial score (nSPS) is 17.4. The maximum Gasteiger partial charge on any atom is 0.410 e. The van der Waals surface area contributed by atoms with E-state index in [9.17, 15) is 14.4 Å². The summed E-state index contributed by atoms with van der Waals surface area (Å²) in [5, 5.41) is 6.34. The van der Waals surface area contributed by atoms with Crippen LogP contribution in [0.25, 0.3) is 0 Å². The minimum atomic E-state index is -0.657. The second kappa shape index (κ2) is 14.0. The number of esters is 1. The number of hydrogen-bond acceptors (Lipinski definition) is 7. The number of carbonyl (C=O) groups is 3. The van der Waals surface area contributed by atoms with Crippen LogP contribution in [0.2, 0.25) is 0 Å². The van der Waals surface area contributed by atoms with E-state index in [1.165, 1.54) is 19.1 Å². The van der Waals surface area contributed by atoms with Gasteiger partial charge >= 0.3 is 12.1 Å². The zero-order chi connectivity index (χ0) is 28.5. The zero-order valence-electron chi connectivity index (χ0n) is 24.6.